The van der Waals surface area contributed by atoms with E-state index in [0.29, 0.717) is 11.8 Å². The minimum Gasteiger partial charge on any atom is -0.448 e. The van der Waals surface area contributed by atoms with E-state index >= 15 is 0 Å². The lowest BCUT2D eigenvalue weighted by molar-refractivity contribution is 0.322. The highest BCUT2D eigenvalue weighted by molar-refractivity contribution is 8.00. The molecule has 0 aliphatic rings. The number of thioether (sulfide) groups is 1. The predicted octanol–water partition coefficient (Wildman–Crippen LogP) is 1.10. The zero-order chi connectivity index (χ0) is 7.33. The van der Waals surface area contributed by atoms with Gasteiger partial charge in [-0.15, -0.1) is 0 Å². The fourth-order valence-electron chi connectivity index (χ4n) is 0.282. The normalized spacial score (nSPS) is 12.0. The molecule has 0 aliphatic heterocycles. The zero-order valence-electron chi connectivity index (χ0n) is 4.69. The van der Waals surface area contributed by atoms with Crippen molar-refractivity contribution < 1.29 is 18.1 Å². The second kappa shape index (κ2) is 4.06. The van der Waals surface area contributed by atoms with Gasteiger partial charge in [0.05, 0.1) is 6.61 Å². The van der Waals surface area contributed by atoms with Crippen LogP contribution in [0.1, 0.15) is 0 Å². The van der Waals surface area contributed by atoms with Crippen LogP contribution in [0.5, 0.6) is 0 Å². The second-order valence-electron chi connectivity index (χ2n) is 1.51. The number of aliphatic hydroxyl groups excluding tert-OH is 1. The number of aliphatic hydroxyl groups is 1. The Hall–Kier alpha value is 0.165. The smallest absolute Gasteiger partial charge is 0.448 e. The predicted molar refractivity (Wildman–Crippen MR) is 33.5 cm³/mol. The summed E-state index contributed by atoms with van der Waals surface area (Å²) in [4.78, 5) is 0. The van der Waals surface area contributed by atoms with Gasteiger partial charge in [-0.05, 0) is 5.65 Å². The fourth-order valence-corrected chi connectivity index (χ4v) is 0.845. The molecule has 0 saturated heterocycles. The number of hydrogen-bond acceptors (Lipinski definition) is 2. The molecule has 0 radical (unpaired) electrons. The average Bonchev–Trinajstić information content (AvgIpc) is 1.63. The first-order chi connectivity index (χ1) is 4.06. The Bertz CT molecular complexity index is 75.9. The summed E-state index contributed by atoms with van der Waals surface area (Å²) < 4.78 is 34.0. The van der Waals surface area contributed by atoms with Gasteiger partial charge in [-0.25, -0.2) is 0 Å². The highest BCUT2D eigenvalue weighted by Gasteiger charge is 2.21. The summed E-state index contributed by atoms with van der Waals surface area (Å²) in [6.07, 6.45) is 0. The molecule has 0 spiro atoms. The van der Waals surface area contributed by atoms with Crippen LogP contribution >= 0.6 is 11.8 Å². The van der Waals surface area contributed by atoms with Gasteiger partial charge in [-0.3, -0.25) is 0 Å². The van der Waals surface area contributed by atoms with E-state index in [-0.39, 0.29) is 12.4 Å². The average molecular weight is 159 g/mol. The van der Waals surface area contributed by atoms with E-state index < -0.39 is 12.6 Å². The van der Waals surface area contributed by atoms with E-state index in [4.69, 9.17) is 5.11 Å². The van der Waals surface area contributed by atoms with Crippen LogP contribution in [-0.2, 0) is 0 Å². The molecule has 0 rings (SSSR count). The van der Waals surface area contributed by atoms with E-state index in [1.807, 2.05) is 0 Å². The number of hydrogen-bond donors (Lipinski definition) is 1. The van der Waals surface area contributed by atoms with Crippen LogP contribution in [0, 0.1) is 0 Å². The largest absolute Gasteiger partial charge is 0.488 e. The Morgan fingerprint density at radius 1 is 1.33 bits per heavy atom. The number of rotatable bonds is 4. The summed E-state index contributed by atoms with van der Waals surface area (Å²) in [5.74, 6) is 0.168. The third-order valence-electron chi connectivity index (χ3n) is 0.542. The molecule has 1 N–H and O–H groups in total. The lowest BCUT2D eigenvalue weighted by Crippen LogP contribution is -2.19. The van der Waals surface area contributed by atoms with E-state index in [1.54, 1.807) is 0 Å². The third-order valence-corrected chi connectivity index (χ3v) is 1.63. The Morgan fingerprint density at radius 3 is 2.22 bits per heavy atom. The minimum absolute atomic E-state index is 0.168. The van der Waals surface area contributed by atoms with Crippen molar-refractivity contribution in [1.82, 2.24) is 0 Å². The van der Waals surface area contributed by atoms with Crippen LogP contribution in [0.2, 0.25) is 0 Å². The quantitative estimate of drug-likeness (QED) is 0.489. The Balaban J connectivity index is 3.07. The van der Waals surface area contributed by atoms with Crippen LogP contribution in [0.15, 0.2) is 0 Å². The Labute approximate surface area is 55.7 Å². The lowest BCUT2D eigenvalue weighted by atomic mass is 9.98. The van der Waals surface area contributed by atoms with Crippen molar-refractivity contribution in [2.75, 3.05) is 18.0 Å². The lowest BCUT2D eigenvalue weighted by Gasteiger charge is -2.11. The van der Waals surface area contributed by atoms with Gasteiger partial charge in [0.2, 0.25) is 0 Å². The van der Waals surface area contributed by atoms with Crippen molar-refractivity contribution in [3.63, 3.8) is 0 Å². The van der Waals surface area contributed by atoms with Crippen molar-refractivity contribution in [2.45, 2.75) is 0 Å². The highest BCUT2D eigenvalue weighted by atomic mass is 32.2. The molecule has 0 saturated carbocycles. The molecule has 0 bridgehead atoms. The standard InChI is InChI=1S/C3H7BF3OS/c5-4(6,7)3-9-2-1-8/h8H,1-3H2/q-1. The minimum atomic E-state index is -4.66. The molecule has 6 heteroatoms. The maximum Gasteiger partial charge on any atom is 0.488 e. The van der Waals surface area contributed by atoms with E-state index in [1.165, 1.54) is 0 Å². The van der Waals surface area contributed by atoms with E-state index in [9.17, 15) is 12.9 Å². The summed E-state index contributed by atoms with van der Waals surface area (Å²) in [5.41, 5.74) is -0.805. The van der Waals surface area contributed by atoms with Crippen molar-refractivity contribution in [3.05, 3.63) is 0 Å². The monoisotopic (exact) mass is 159 g/mol. The molecule has 0 aliphatic carbocycles. The Morgan fingerprint density at radius 2 is 1.89 bits per heavy atom. The summed E-state index contributed by atoms with van der Waals surface area (Å²) in [6, 6.07) is 0. The molecular formula is C3H7BF3OS-. The summed E-state index contributed by atoms with van der Waals surface area (Å²) in [7, 11) is 0. The molecule has 9 heavy (non-hydrogen) atoms. The molecule has 56 valence electrons. The first-order valence-electron chi connectivity index (χ1n) is 2.46. The van der Waals surface area contributed by atoms with Gasteiger partial charge >= 0.3 is 6.98 Å². The molecule has 0 fully saturated rings. The first-order valence-corrected chi connectivity index (χ1v) is 3.61. The van der Waals surface area contributed by atoms with Crippen molar-refractivity contribution in [2.24, 2.45) is 0 Å². The molecular weight excluding hydrogens is 152 g/mol. The Kier molecular flexibility index (Phi) is 4.13. The number of halogens is 3. The molecule has 1 nitrogen and oxygen atoms in total. The molecule has 0 aromatic heterocycles. The van der Waals surface area contributed by atoms with Crippen LogP contribution in [0.25, 0.3) is 0 Å². The van der Waals surface area contributed by atoms with Gasteiger partial charge in [0.15, 0.2) is 0 Å². The van der Waals surface area contributed by atoms with Gasteiger partial charge in [-0.2, -0.15) is 11.8 Å². The van der Waals surface area contributed by atoms with Crippen LogP contribution in [0.3, 0.4) is 0 Å². The zero-order valence-corrected chi connectivity index (χ0v) is 5.50. The van der Waals surface area contributed by atoms with Crippen LogP contribution in [0.4, 0.5) is 12.9 Å². The molecule has 0 aromatic carbocycles. The van der Waals surface area contributed by atoms with E-state index in [2.05, 4.69) is 0 Å². The highest BCUT2D eigenvalue weighted by Crippen LogP contribution is 2.14. The summed E-state index contributed by atoms with van der Waals surface area (Å²) >= 11 is 0.713. The summed E-state index contributed by atoms with van der Waals surface area (Å²) in [6.45, 7) is -4.84. The third kappa shape index (κ3) is 8.16. The van der Waals surface area contributed by atoms with Gasteiger partial charge in [0.25, 0.3) is 0 Å². The van der Waals surface area contributed by atoms with Crippen LogP contribution < -0.4 is 0 Å². The van der Waals surface area contributed by atoms with Crippen molar-refractivity contribution in [3.8, 4) is 0 Å². The molecule has 0 atom stereocenters. The van der Waals surface area contributed by atoms with Crippen LogP contribution in [-0.4, -0.2) is 30.1 Å². The second-order valence-corrected chi connectivity index (χ2v) is 2.66. The maximum absolute atomic E-state index is 11.3. The van der Waals surface area contributed by atoms with Crippen molar-refractivity contribution in [1.29, 1.82) is 0 Å². The van der Waals surface area contributed by atoms with Gasteiger partial charge in [0, 0.05) is 5.75 Å². The topological polar surface area (TPSA) is 20.2 Å². The molecule has 0 unspecified atom stereocenters. The molecule has 0 aromatic rings. The van der Waals surface area contributed by atoms with Gasteiger partial charge < -0.3 is 18.1 Å². The molecule has 0 heterocycles. The molecule has 0 amide bonds. The maximum atomic E-state index is 11.3. The van der Waals surface area contributed by atoms with E-state index in [0.717, 1.165) is 0 Å². The van der Waals surface area contributed by atoms with Crippen molar-refractivity contribution >= 4 is 18.7 Å². The van der Waals surface area contributed by atoms with Gasteiger partial charge in [-0.1, -0.05) is 0 Å². The SMILES string of the molecule is OCCSC[B-](F)(F)F. The first kappa shape index (κ1) is 9.16. The van der Waals surface area contributed by atoms with Gasteiger partial charge in [0.1, 0.15) is 0 Å². The fraction of sp³-hybridized carbons (Fsp3) is 1.00. The summed E-state index contributed by atoms with van der Waals surface area (Å²) in [5, 5.41) is 8.08.